The summed E-state index contributed by atoms with van der Waals surface area (Å²) in [6, 6.07) is 6.85. The van der Waals surface area contributed by atoms with Gasteiger partial charge >= 0.3 is 14.2 Å². The number of H-pyrrole nitrogens is 1. The van der Waals surface area contributed by atoms with Crippen LogP contribution < -0.4 is 15.8 Å². The molecule has 4 rings (SSSR count). The molecule has 0 aliphatic heterocycles. The number of carbonyl (C=O) groups is 1. The van der Waals surface area contributed by atoms with Crippen LogP contribution in [0.15, 0.2) is 45.4 Å². The number of esters is 1. The molecule has 1 aliphatic carbocycles. The molecule has 168 valence electrons. The quantitative estimate of drug-likeness (QED) is 0.335. The number of nitrogen functional groups attached to an aromatic ring is 1. The Bertz CT molecular complexity index is 1290. The van der Waals surface area contributed by atoms with Gasteiger partial charge in [0.1, 0.15) is 18.7 Å². The molecule has 3 aromatic rings. The third-order valence-electron chi connectivity index (χ3n) is 4.86. The zero-order valence-corrected chi connectivity index (χ0v) is 19.4. The van der Waals surface area contributed by atoms with E-state index in [0.717, 1.165) is 10.0 Å². The van der Waals surface area contributed by atoms with E-state index in [1.165, 1.54) is 13.3 Å². The summed E-state index contributed by atoms with van der Waals surface area (Å²) in [5, 5.41) is 0. The summed E-state index contributed by atoms with van der Waals surface area (Å²) in [5.74, 6) is -0.0588. The van der Waals surface area contributed by atoms with Gasteiger partial charge in [0.15, 0.2) is 11.2 Å². The van der Waals surface area contributed by atoms with Gasteiger partial charge in [0.2, 0.25) is 5.95 Å². The van der Waals surface area contributed by atoms with E-state index >= 15 is 0 Å². The highest BCUT2D eigenvalue weighted by molar-refractivity contribution is 9.10. The molecule has 0 saturated heterocycles. The standard InChI is InChI=1S/C19H19BrN5O6P/c1-11(26)29-8-19(9-30-32(28)31-14-4-2-13(20)3-5-14)6-12(19)7-25-10-22-15-16(25)23-18(21)24-17(15)27/h2-5,7,10,32H,6,8-9H2,1H3,(H3,21,23,24,27)/b12-7-/t19-/m0/s1. The molecule has 0 bridgehead atoms. The normalized spacial score (nSPS) is 19.8. The molecule has 1 unspecified atom stereocenters. The van der Waals surface area contributed by atoms with Crippen molar-refractivity contribution in [2.75, 3.05) is 18.9 Å². The predicted molar refractivity (Wildman–Crippen MR) is 120 cm³/mol. The molecule has 2 heterocycles. The summed E-state index contributed by atoms with van der Waals surface area (Å²) in [4.78, 5) is 33.9. The number of nitrogens with one attached hydrogen (secondary N) is 1. The van der Waals surface area contributed by atoms with Crippen LogP contribution in [-0.4, -0.2) is 38.7 Å². The fourth-order valence-corrected chi connectivity index (χ4v) is 4.15. The Morgan fingerprint density at radius 3 is 2.84 bits per heavy atom. The van der Waals surface area contributed by atoms with Crippen LogP contribution in [-0.2, 0) is 18.6 Å². The number of aromatic nitrogens is 4. The molecule has 3 N–H and O–H groups in total. The van der Waals surface area contributed by atoms with Crippen molar-refractivity contribution in [1.29, 1.82) is 0 Å². The maximum absolute atomic E-state index is 12.3. The minimum absolute atomic E-state index is 0.0171. The molecule has 1 fully saturated rings. The molecule has 0 amide bonds. The van der Waals surface area contributed by atoms with Gasteiger partial charge in [-0.05, 0) is 36.3 Å². The first-order chi connectivity index (χ1) is 15.3. The Labute approximate surface area is 190 Å². The molecule has 1 aromatic carbocycles. The lowest BCUT2D eigenvalue weighted by molar-refractivity contribution is -0.142. The number of benzene rings is 1. The van der Waals surface area contributed by atoms with E-state index in [1.807, 2.05) is 0 Å². The highest BCUT2D eigenvalue weighted by atomic mass is 79.9. The highest BCUT2D eigenvalue weighted by Gasteiger charge is 2.51. The fraction of sp³-hybridized carbons (Fsp3) is 0.263. The number of ether oxygens (including phenoxy) is 1. The zero-order valence-electron chi connectivity index (χ0n) is 16.8. The van der Waals surface area contributed by atoms with Crippen molar-refractivity contribution in [2.24, 2.45) is 5.41 Å². The van der Waals surface area contributed by atoms with Crippen LogP contribution in [0.3, 0.4) is 0 Å². The van der Waals surface area contributed by atoms with Gasteiger partial charge in [-0.25, -0.2) is 9.55 Å². The Morgan fingerprint density at radius 1 is 1.38 bits per heavy atom. The van der Waals surface area contributed by atoms with E-state index in [0.29, 0.717) is 17.8 Å². The number of nitrogens with zero attached hydrogens (tertiary/aromatic N) is 3. The van der Waals surface area contributed by atoms with Gasteiger partial charge in [0, 0.05) is 17.6 Å². The molecule has 32 heavy (non-hydrogen) atoms. The molecule has 11 nitrogen and oxygen atoms in total. The van der Waals surface area contributed by atoms with Crippen LogP contribution in [0.1, 0.15) is 13.3 Å². The number of fused-ring (bicyclic) bond motifs is 1. The number of nitrogens with two attached hydrogens (primary N) is 1. The summed E-state index contributed by atoms with van der Waals surface area (Å²) in [6.07, 6.45) is 3.68. The van der Waals surface area contributed by atoms with Crippen LogP contribution in [0.5, 0.6) is 5.75 Å². The first-order valence-electron chi connectivity index (χ1n) is 9.43. The molecule has 0 spiro atoms. The van der Waals surface area contributed by atoms with Gasteiger partial charge in [-0.2, -0.15) is 4.98 Å². The molecule has 1 aliphatic rings. The molecule has 1 saturated carbocycles. The summed E-state index contributed by atoms with van der Waals surface area (Å²) < 4.78 is 30.7. The SMILES string of the molecule is CC(=O)OC[C@]1(CO[PH](=O)Oc2ccc(Br)cc2)C/C1=C/n1cnc2c(=O)[nH]c(N)nc21. The molecule has 2 atom stereocenters. The smallest absolute Gasteiger partial charge is 0.367 e. The number of aromatic amines is 1. The van der Waals surface area contributed by atoms with Crippen LogP contribution in [0, 0.1) is 5.41 Å². The Morgan fingerprint density at radius 2 is 2.12 bits per heavy atom. The van der Waals surface area contributed by atoms with Gasteiger partial charge in [-0.3, -0.25) is 19.1 Å². The number of hydrogen-bond donors (Lipinski definition) is 2. The van der Waals surface area contributed by atoms with E-state index in [4.69, 9.17) is 19.5 Å². The Kier molecular flexibility index (Phi) is 6.18. The van der Waals surface area contributed by atoms with E-state index in [9.17, 15) is 14.2 Å². The molecule has 2 aromatic heterocycles. The second-order valence-corrected chi connectivity index (χ2v) is 9.17. The van der Waals surface area contributed by atoms with Gasteiger partial charge in [-0.1, -0.05) is 15.9 Å². The van der Waals surface area contributed by atoms with Gasteiger partial charge < -0.3 is 19.5 Å². The van der Waals surface area contributed by atoms with E-state index in [2.05, 4.69) is 30.9 Å². The van der Waals surface area contributed by atoms with Crippen molar-refractivity contribution in [3.63, 3.8) is 0 Å². The van der Waals surface area contributed by atoms with E-state index < -0.39 is 25.2 Å². The van der Waals surface area contributed by atoms with Crippen molar-refractivity contribution < 1.29 is 23.1 Å². The van der Waals surface area contributed by atoms with Crippen LogP contribution in [0.25, 0.3) is 17.4 Å². The van der Waals surface area contributed by atoms with Crippen molar-refractivity contribution in [2.45, 2.75) is 13.3 Å². The lowest BCUT2D eigenvalue weighted by Gasteiger charge is -2.15. The molecular formula is C19H19BrN5O6P. The molecule has 0 radical (unpaired) electrons. The first kappa shape index (κ1) is 22.3. The monoisotopic (exact) mass is 523 g/mol. The van der Waals surface area contributed by atoms with E-state index in [-0.39, 0.29) is 24.7 Å². The maximum atomic E-state index is 12.3. The van der Waals surface area contributed by atoms with Crippen LogP contribution in [0.4, 0.5) is 5.95 Å². The second kappa shape index (κ2) is 8.89. The largest absolute Gasteiger partial charge is 0.465 e. The third-order valence-corrected chi connectivity index (χ3v) is 6.17. The Hall–Kier alpha value is -2.95. The number of imidazole rings is 1. The third kappa shape index (κ3) is 4.93. The number of anilines is 1. The minimum atomic E-state index is -2.84. The van der Waals surface area contributed by atoms with E-state index in [1.54, 1.807) is 35.0 Å². The second-order valence-electron chi connectivity index (χ2n) is 7.26. The highest BCUT2D eigenvalue weighted by Crippen LogP contribution is 2.54. The summed E-state index contributed by atoms with van der Waals surface area (Å²) >= 11 is 3.32. The fourth-order valence-electron chi connectivity index (χ4n) is 3.10. The molecule has 13 heteroatoms. The van der Waals surface area contributed by atoms with Crippen molar-refractivity contribution in [3.05, 3.63) is 51.0 Å². The number of rotatable bonds is 8. The lowest BCUT2D eigenvalue weighted by atomic mass is 10.1. The van der Waals surface area contributed by atoms with Crippen molar-refractivity contribution in [1.82, 2.24) is 19.5 Å². The molecular weight excluding hydrogens is 505 g/mol. The van der Waals surface area contributed by atoms with Crippen molar-refractivity contribution in [3.8, 4) is 5.75 Å². The number of carbonyl (C=O) groups excluding carboxylic acids is 1. The number of halogens is 1. The van der Waals surface area contributed by atoms with Gasteiger partial charge in [-0.15, -0.1) is 0 Å². The van der Waals surface area contributed by atoms with Crippen LogP contribution >= 0.6 is 24.2 Å². The lowest BCUT2D eigenvalue weighted by Crippen LogP contribution is -2.19. The zero-order chi connectivity index (χ0) is 22.9. The maximum Gasteiger partial charge on any atom is 0.367 e. The summed E-state index contributed by atoms with van der Waals surface area (Å²) in [7, 11) is -2.84. The minimum Gasteiger partial charge on any atom is -0.465 e. The van der Waals surface area contributed by atoms with Gasteiger partial charge in [0.25, 0.3) is 5.56 Å². The Balaban J connectivity index is 1.51. The average molecular weight is 524 g/mol. The summed E-state index contributed by atoms with van der Waals surface area (Å²) in [6.45, 7) is 1.37. The first-order valence-corrected chi connectivity index (χ1v) is 11.4. The number of hydrogen-bond acceptors (Lipinski definition) is 9. The average Bonchev–Trinajstić information content (AvgIpc) is 3.27. The van der Waals surface area contributed by atoms with Crippen molar-refractivity contribution >= 4 is 53.5 Å². The van der Waals surface area contributed by atoms with Gasteiger partial charge in [0.05, 0.1) is 12.0 Å². The predicted octanol–water partition coefficient (Wildman–Crippen LogP) is 2.74. The van der Waals surface area contributed by atoms with Crippen LogP contribution in [0.2, 0.25) is 0 Å². The topological polar surface area (TPSA) is 151 Å². The summed E-state index contributed by atoms with van der Waals surface area (Å²) in [5.41, 5.74) is 5.80.